The molecule has 0 saturated heterocycles. The fourth-order valence-corrected chi connectivity index (χ4v) is 1.87. The van der Waals surface area contributed by atoms with Crippen LogP contribution in [0.4, 0.5) is 4.39 Å². The molecule has 0 aliphatic rings. The lowest BCUT2D eigenvalue weighted by molar-refractivity contribution is 0.259. The lowest BCUT2D eigenvalue weighted by Gasteiger charge is -2.21. The fourth-order valence-electron chi connectivity index (χ4n) is 1.87. The molecule has 4 heteroatoms. The van der Waals surface area contributed by atoms with Gasteiger partial charge >= 0.3 is 0 Å². The molecule has 0 spiro atoms. The lowest BCUT2D eigenvalue weighted by Crippen LogP contribution is -2.26. The molecule has 0 aliphatic carbocycles. The number of hydrogen-bond acceptors (Lipinski definition) is 3. The van der Waals surface area contributed by atoms with Gasteiger partial charge < -0.3 is 10.0 Å². The van der Waals surface area contributed by atoms with Crippen LogP contribution in [-0.2, 0) is 6.54 Å². The molecule has 0 atom stereocenters. The molecule has 1 N–H and O–H groups in total. The van der Waals surface area contributed by atoms with Crippen molar-refractivity contribution < 1.29 is 9.50 Å². The molecule has 0 fully saturated rings. The van der Waals surface area contributed by atoms with Crippen molar-refractivity contribution in [3.63, 3.8) is 0 Å². The maximum absolute atomic E-state index is 13.2. The first-order chi connectivity index (χ1) is 8.52. The van der Waals surface area contributed by atoms with E-state index in [2.05, 4.69) is 30.8 Å². The lowest BCUT2D eigenvalue weighted by atomic mass is 10.2. The zero-order valence-electron chi connectivity index (χ0n) is 11.5. The van der Waals surface area contributed by atoms with Gasteiger partial charge in [0.25, 0.3) is 0 Å². The van der Waals surface area contributed by atoms with Gasteiger partial charge in [-0.15, -0.1) is 0 Å². The highest BCUT2D eigenvalue weighted by Crippen LogP contribution is 2.17. The topological polar surface area (TPSA) is 26.7 Å². The van der Waals surface area contributed by atoms with Crippen molar-refractivity contribution in [2.45, 2.75) is 19.9 Å². The summed E-state index contributed by atoms with van der Waals surface area (Å²) in [7, 11) is 4.12. The maximum Gasteiger partial charge on any atom is 0.165 e. The first-order valence-corrected chi connectivity index (χ1v) is 6.37. The van der Waals surface area contributed by atoms with Crippen molar-refractivity contribution in [1.82, 2.24) is 9.80 Å². The van der Waals surface area contributed by atoms with Gasteiger partial charge in [-0.05, 0) is 57.8 Å². The average Bonchev–Trinajstić information content (AvgIpc) is 2.32. The quantitative estimate of drug-likeness (QED) is 0.809. The number of hydrogen-bond donors (Lipinski definition) is 1. The molecule has 0 aliphatic heterocycles. The number of phenolic OH excluding ortho intramolecular Hbond substituents is 1. The van der Waals surface area contributed by atoms with Crippen LogP contribution in [0.1, 0.15) is 18.9 Å². The van der Waals surface area contributed by atoms with Gasteiger partial charge in [0, 0.05) is 6.54 Å². The van der Waals surface area contributed by atoms with Crippen LogP contribution in [0.15, 0.2) is 18.2 Å². The highest BCUT2D eigenvalue weighted by Gasteiger charge is 2.06. The molecule has 18 heavy (non-hydrogen) atoms. The minimum atomic E-state index is -0.545. The molecule has 0 amide bonds. The summed E-state index contributed by atoms with van der Waals surface area (Å²) in [5.74, 6) is -0.828. The van der Waals surface area contributed by atoms with Crippen molar-refractivity contribution >= 4 is 0 Å². The average molecular weight is 254 g/mol. The van der Waals surface area contributed by atoms with Crippen LogP contribution in [0, 0.1) is 5.82 Å². The Hall–Kier alpha value is -1.13. The van der Waals surface area contributed by atoms with Crippen LogP contribution in [-0.4, -0.2) is 48.6 Å². The molecule has 0 aromatic heterocycles. The Morgan fingerprint density at radius 2 is 1.94 bits per heavy atom. The summed E-state index contributed by atoms with van der Waals surface area (Å²) in [5.41, 5.74) is 0.900. The summed E-state index contributed by atoms with van der Waals surface area (Å²) >= 11 is 0. The van der Waals surface area contributed by atoms with Crippen LogP contribution in [0.3, 0.4) is 0 Å². The molecule has 3 nitrogen and oxygen atoms in total. The van der Waals surface area contributed by atoms with Gasteiger partial charge in [-0.2, -0.15) is 0 Å². The number of phenols is 1. The van der Waals surface area contributed by atoms with Crippen molar-refractivity contribution in [2.24, 2.45) is 0 Å². The Labute approximate surface area is 109 Å². The molecule has 0 saturated carbocycles. The van der Waals surface area contributed by atoms with E-state index < -0.39 is 5.82 Å². The summed E-state index contributed by atoms with van der Waals surface area (Å²) in [5, 5.41) is 9.14. The van der Waals surface area contributed by atoms with Gasteiger partial charge in [0.05, 0.1) is 0 Å². The highest BCUT2D eigenvalue weighted by atomic mass is 19.1. The summed E-state index contributed by atoms with van der Waals surface area (Å²) in [6.07, 6.45) is 1.10. The van der Waals surface area contributed by atoms with Gasteiger partial charge in [0.2, 0.25) is 0 Å². The Morgan fingerprint density at radius 1 is 1.22 bits per heavy atom. The number of nitrogens with zero attached hydrogens (tertiary/aromatic N) is 2. The number of halogens is 1. The van der Waals surface area contributed by atoms with E-state index in [1.807, 2.05) is 0 Å². The molecule has 0 unspecified atom stereocenters. The van der Waals surface area contributed by atoms with Crippen molar-refractivity contribution in [1.29, 1.82) is 0 Å². The zero-order chi connectivity index (χ0) is 13.5. The van der Waals surface area contributed by atoms with Crippen molar-refractivity contribution in [3.8, 4) is 5.75 Å². The summed E-state index contributed by atoms with van der Waals surface area (Å²) in [4.78, 5) is 4.43. The standard InChI is InChI=1S/C14H23FN2O/c1-4-17(9-5-8-16(2)3)11-12-6-7-14(18)13(15)10-12/h6-7,10,18H,4-5,8-9,11H2,1-3H3. The van der Waals surface area contributed by atoms with Gasteiger partial charge in [0.1, 0.15) is 0 Å². The molecule has 0 radical (unpaired) electrons. The predicted molar refractivity (Wildman–Crippen MR) is 72.2 cm³/mol. The smallest absolute Gasteiger partial charge is 0.165 e. The molecule has 0 bridgehead atoms. The molecule has 102 valence electrons. The maximum atomic E-state index is 13.2. The molecule has 1 aromatic rings. The normalized spacial score (nSPS) is 11.4. The Morgan fingerprint density at radius 3 is 2.50 bits per heavy atom. The summed E-state index contributed by atoms with van der Waals surface area (Å²) in [6, 6.07) is 4.59. The second kappa shape index (κ2) is 7.34. The van der Waals surface area contributed by atoms with E-state index in [1.165, 1.54) is 12.1 Å². The second-order valence-electron chi connectivity index (χ2n) is 4.81. The van der Waals surface area contributed by atoms with Gasteiger partial charge in [-0.1, -0.05) is 13.0 Å². The van der Waals surface area contributed by atoms with Crippen LogP contribution in [0.25, 0.3) is 0 Å². The van der Waals surface area contributed by atoms with Crippen molar-refractivity contribution in [2.75, 3.05) is 33.7 Å². The third kappa shape index (κ3) is 5.02. The van der Waals surface area contributed by atoms with Gasteiger partial charge in [0.15, 0.2) is 11.6 Å². The van der Waals surface area contributed by atoms with E-state index in [1.54, 1.807) is 6.07 Å². The number of benzene rings is 1. The molecule has 1 rings (SSSR count). The number of aromatic hydroxyl groups is 1. The third-order valence-electron chi connectivity index (χ3n) is 2.95. The van der Waals surface area contributed by atoms with E-state index in [0.717, 1.165) is 38.2 Å². The van der Waals surface area contributed by atoms with Crippen LogP contribution in [0.5, 0.6) is 5.75 Å². The van der Waals surface area contributed by atoms with E-state index >= 15 is 0 Å². The van der Waals surface area contributed by atoms with Crippen LogP contribution in [0.2, 0.25) is 0 Å². The summed E-state index contributed by atoms with van der Waals surface area (Å²) in [6.45, 7) is 5.82. The van der Waals surface area contributed by atoms with Gasteiger partial charge in [-0.3, -0.25) is 4.90 Å². The van der Waals surface area contributed by atoms with E-state index in [-0.39, 0.29) is 5.75 Å². The minimum Gasteiger partial charge on any atom is -0.505 e. The fraction of sp³-hybridized carbons (Fsp3) is 0.571. The summed E-state index contributed by atoms with van der Waals surface area (Å²) < 4.78 is 13.2. The Kier molecular flexibility index (Phi) is 6.09. The zero-order valence-corrected chi connectivity index (χ0v) is 11.5. The van der Waals surface area contributed by atoms with Gasteiger partial charge in [-0.25, -0.2) is 4.39 Å². The van der Waals surface area contributed by atoms with E-state index in [0.29, 0.717) is 0 Å². The number of rotatable bonds is 7. The highest BCUT2D eigenvalue weighted by molar-refractivity contribution is 5.27. The largest absolute Gasteiger partial charge is 0.505 e. The molecule has 1 aromatic carbocycles. The van der Waals surface area contributed by atoms with Crippen LogP contribution >= 0.6 is 0 Å². The molecular weight excluding hydrogens is 231 g/mol. The predicted octanol–water partition coefficient (Wildman–Crippen LogP) is 2.30. The van der Waals surface area contributed by atoms with Crippen molar-refractivity contribution in [3.05, 3.63) is 29.6 Å². The monoisotopic (exact) mass is 254 g/mol. The minimum absolute atomic E-state index is 0.283. The first-order valence-electron chi connectivity index (χ1n) is 6.37. The third-order valence-corrected chi connectivity index (χ3v) is 2.95. The van der Waals surface area contributed by atoms with Crippen LogP contribution < -0.4 is 0 Å². The molecule has 0 heterocycles. The SMILES string of the molecule is CCN(CCCN(C)C)Cc1ccc(O)c(F)c1. The second-order valence-corrected chi connectivity index (χ2v) is 4.81. The van der Waals surface area contributed by atoms with E-state index in [9.17, 15) is 4.39 Å². The Balaban J connectivity index is 2.49. The molecular formula is C14H23FN2O. The van der Waals surface area contributed by atoms with E-state index in [4.69, 9.17) is 5.11 Å². The first kappa shape index (κ1) is 14.9. The Bertz CT molecular complexity index is 369.